The van der Waals surface area contributed by atoms with Crippen molar-refractivity contribution >= 4 is 17.6 Å². The number of carbonyl (C=O) groups excluding carboxylic acids is 2. The summed E-state index contributed by atoms with van der Waals surface area (Å²) in [6.07, 6.45) is 1.82. The highest BCUT2D eigenvalue weighted by molar-refractivity contribution is 5.98. The fourth-order valence-corrected chi connectivity index (χ4v) is 3.28. The number of likely N-dealkylation sites (tertiary alicyclic amines) is 1. The third kappa shape index (κ3) is 3.28. The van der Waals surface area contributed by atoms with Crippen molar-refractivity contribution in [1.82, 2.24) is 24.9 Å². The second kappa shape index (κ2) is 7.30. The zero-order valence-electron chi connectivity index (χ0n) is 15.8. The number of H-pyrrole nitrogens is 1. The van der Waals surface area contributed by atoms with Crippen molar-refractivity contribution in [3.63, 3.8) is 0 Å². The van der Waals surface area contributed by atoms with Gasteiger partial charge in [0.25, 0.3) is 5.91 Å². The summed E-state index contributed by atoms with van der Waals surface area (Å²) in [5.41, 5.74) is 3.02. The van der Waals surface area contributed by atoms with Crippen molar-refractivity contribution in [2.45, 2.75) is 20.4 Å². The molecule has 1 fully saturated rings. The highest BCUT2D eigenvalue weighted by atomic mass is 16.2. The SMILES string of the molecule is CCn1ccc(NC(=O)C2CN(C(=O)c3[nH]nc(-c4ccccc4)c3C)C2)n1. The molecule has 1 aliphatic heterocycles. The molecule has 28 heavy (non-hydrogen) atoms. The molecule has 0 spiro atoms. The molecular weight excluding hydrogens is 356 g/mol. The molecule has 0 unspecified atom stereocenters. The third-order valence-corrected chi connectivity index (χ3v) is 5.03. The van der Waals surface area contributed by atoms with Crippen LogP contribution in [0.25, 0.3) is 11.3 Å². The quantitative estimate of drug-likeness (QED) is 0.712. The predicted octanol–water partition coefficient (Wildman–Crippen LogP) is 2.31. The molecule has 4 rings (SSSR count). The number of hydrogen-bond acceptors (Lipinski definition) is 4. The second-order valence-electron chi connectivity index (χ2n) is 6.89. The van der Waals surface area contributed by atoms with Gasteiger partial charge in [-0.25, -0.2) is 0 Å². The fourth-order valence-electron chi connectivity index (χ4n) is 3.28. The molecule has 8 nitrogen and oxygen atoms in total. The summed E-state index contributed by atoms with van der Waals surface area (Å²) in [6, 6.07) is 11.5. The van der Waals surface area contributed by atoms with Crippen LogP contribution in [0.2, 0.25) is 0 Å². The molecule has 0 saturated carbocycles. The van der Waals surface area contributed by atoms with Crippen molar-refractivity contribution in [1.29, 1.82) is 0 Å². The zero-order chi connectivity index (χ0) is 19.7. The van der Waals surface area contributed by atoms with E-state index in [1.165, 1.54) is 0 Å². The van der Waals surface area contributed by atoms with Crippen LogP contribution < -0.4 is 5.32 Å². The molecule has 2 aromatic heterocycles. The molecule has 0 radical (unpaired) electrons. The molecule has 0 atom stereocenters. The molecule has 0 bridgehead atoms. The van der Waals surface area contributed by atoms with Gasteiger partial charge in [0, 0.05) is 43.0 Å². The largest absolute Gasteiger partial charge is 0.336 e. The van der Waals surface area contributed by atoms with Gasteiger partial charge >= 0.3 is 0 Å². The van der Waals surface area contributed by atoms with E-state index in [2.05, 4.69) is 20.6 Å². The van der Waals surface area contributed by atoms with Crippen LogP contribution in [0.3, 0.4) is 0 Å². The lowest BCUT2D eigenvalue weighted by molar-refractivity contribution is -0.123. The Morgan fingerprint density at radius 3 is 2.64 bits per heavy atom. The number of nitrogens with one attached hydrogen (secondary N) is 2. The van der Waals surface area contributed by atoms with E-state index in [9.17, 15) is 9.59 Å². The Morgan fingerprint density at radius 1 is 1.21 bits per heavy atom. The summed E-state index contributed by atoms with van der Waals surface area (Å²) in [5.74, 6) is 0.0595. The Balaban J connectivity index is 1.37. The number of rotatable bonds is 5. The standard InChI is InChI=1S/C20H22N6O2/c1-3-26-10-9-16(24-26)21-19(27)15-11-25(12-15)20(28)18-13(2)17(22-23-18)14-7-5-4-6-8-14/h4-10,15H,3,11-12H2,1-2H3,(H,22,23)(H,21,24,27). The molecule has 1 aliphatic rings. The Kier molecular flexibility index (Phi) is 4.68. The minimum atomic E-state index is -0.229. The van der Waals surface area contributed by atoms with Gasteiger partial charge in [-0.15, -0.1) is 0 Å². The van der Waals surface area contributed by atoms with Crippen LogP contribution in [-0.4, -0.2) is 49.8 Å². The first-order valence-electron chi connectivity index (χ1n) is 9.30. The lowest BCUT2D eigenvalue weighted by Gasteiger charge is -2.37. The summed E-state index contributed by atoms with van der Waals surface area (Å²) in [6.45, 7) is 5.38. The van der Waals surface area contributed by atoms with Crippen LogP contribution in [-0.2, 0) is 11.3 Å². The van der Waals surface area contributed by atoms with Gasteiger partial charge in [-0.05, 0) is 13.8 Å². The number of nitrogens with zero attached hydrogens (tertiary/aromatic N) is 4. The van der Waals surface area contributed by atoms with Crippen molar-refractivity contribution in [2.75, 3.05) is 18.4 Å². The molecule has 3 aromatic rings. The Morgan fingerprint density at radius 2 is 1.96 bits per heavy atom. The van der Waals surface area contributed by atoms with Crippen LogP contribution in [0.1, 0.15) is 23.0 Å². The minimum absolute atomic E-state index is 0.114. The van der Waals surface area contributed by atoms with E-state index >= 15 is 0 Å². The highest BCUT2D eigenvalue weighted by Gasteiger charge is 2.37. The van der Waals surface area contributed by atoms with Crippen molar-refractivity contribution < 1.29 is 9.59 Å². The van der Waals surface area contributed by atoms with Gasteiger partial charge < -0.3 is 10.2 Å². The lowest BCUT2D eigenvalue weighted by Crippen LogP contribution is -2.54. The van der Waals surface area contributed by atoms with Gasteiger partial charge in [0.15, 0.2) is 5.82 Å². The molecule has 144 valence electrons. The van der Waals surface area contributed by atoms with Gasteiger partial charge in [-0.3, -0.25) is 19.4 Å². The van der Waals surface area contributed by atoms with E-state index < -0.39 is 0 Å². The van der Waals surface area contributed by atoms with Crippen LogP contribution in [0.15, 0.2) is 42.6 Å². The highest BCUT2D eigenvalue weighted by Crippen LogP contribution is 2.26. The van der Waals surface area contributed by atoms with Crippen molar-refractivity contribution in [2.24, 2.45) is 5.92 Å². The lowest BCUT2D eigenvalue weighted by atomic mass is 9.98. The predicted molar refractivity (Wildman–Crippen MR) is 105 cm³/mol. The Bertz CT molecular complexity index is 1000. The number of benzene rings is 1. The minimum Gasteiger partial charge on any atom is -0.336 e. The van der Waals surface area contributed by atoms with E-state index in [-0.39, 0.29) is 17.7 Å². The molecule has 3 heterocycles. The van der Waals surface area contributed by atoms with E-state index in [0.29, 0.717) is 24.6 Å². The maximum absolute atomic E-state index is 12.8. The maximum atomic E-state index is 12.8. The smallest absolute Gasteiger partial charge is 0.272 e. The first kappa shape index (κ1) is 18.0. The van der Waals surface area contributed by atoms with Crippen LogP contribution in [0, 0.1) is 12.8 Å². The number of aryl methyl sites for hydroxylation is 1. The summed E-state index contributed by atoms with van der Waals surface area (Å²) in [4.78, 5) is 26.8. The number of anilines is 1. The van der Waals surface area contributed by atoms with Gasteiger partial charge in [0.2, 0.25) is 5.91 Å². The van der Waals surface area contributed by atoms with Crippen molar-refractivity contribution in [3.05, 3.63) is 53.9 Å². The molecule has 1 saturated heterocycles. The monoisotopic (exact) mass is 378 g/mol. The number of aromatic nitrogens is 4. The van der Waals surface area contributed by atoms with Crippen LogP contribution in [0.4, 0.5) is 5.82 Å². The number of aromatic amines is 1. The summed E-state index contributed by atoms with van der Waals surface area (Å²) < 4.78 is 1.75. The Labute approximate surface area is 162 Å². The second-order valence-corrected chi connectivity index (χ2v) is 6.89. The van der Waals surface area contributed by atoms with Crippen molar-refractivity contribution in [3.8, 4) is 11.3 Å². The first-order chi connectivity index (χ1) is 13.6. The fraction of sp³-hybridized carbons (Fsp3) is 0.300. The van der Waals surface area contributed by atoms with E-state index in [0.717, 1.165) is 23.4 Å². The van der Waals surface area contributed by atoms with Gasteiger partial charge in [0.05, 0.1) is 11.6 Å². The van der Waals surface area contributed by atoms with E-state index in [4.69, 9.17) is 0 Å². The van der Waals surface area contributed by atoms with E-state index in [1.54, 1.807) is 15.6 Å². The maximum Gasteiger partial charge on any atom is 0.272 e. The molecule has 2 amide bonds. The number of hydrogen-bond donors (Lipinski definition) is 2. The number of carbonyl (C=O) groups is 2. The average molecular weight is 378 g/mol. The molecule has 0 aliphatic carbocycles. The van der Waals surface area contributed by atoms with Gasteiger partial charge in [-0.1, -0.05) is 30.3 Å². The Hall–Kier alpha value is -3.42. The average Bonchev–Trinajstić information content (AvgIpc) is 3.27. The first-order valence-corrected chi connectivity index (χ1v) is 9.30. The van der Waals surface area contributed by atoms with Gasteiger partial charge in [0.1, 0.15) is 5.69 Å². The normalized spacial score (nSPS) is 14.0. The zero-order valence-corrected chi connectivity index (χ0v) is 15.8. The topological polar surface area (TPSA) is 95.9 Å². The molecular formula is C20H22N6O2. The third-order valence-electron chi connectivity index (χ3n) is 5.03. The van der Waals surface area contributed by atoms with Gasteiger partial charge in [-0.2, -0.15) is 10.2 Å². The van der Waals surface area contributed by atoms with Crippen LogP contribution in [0.5, 0.6) is 0 Å². The van der Waals surface area contributed by atoms with Crippen LogP contribution >= 0.6 is 0 Å². The summed E-state index contributed by atoms with van der Waals surface area (Å²) in [5, 5.41) is 14.2. The number of amides is 2. The molecule has 1 aromatic carbocycles. The summed E-state index contributed by atoms with van der Waals surface area (Å²) in [7, 11) is 0. The molecule has 8 heteroatoms. The molecule has 2 N–H and O–H groups in total. The van der Waals surface area contributed by atoms with E-state index in [1.807, 2.05) is 50.4 Å². The summed E-state index contributed by atoms with van der Waals surface area (Å²) >= 11 is 0.